The van der Waals surface area contributed by atoms with Crippen LogP contribution in [0.15, 0.2) is 78.9 Å². The number of alkyl carbamates (subject to hydrolysis) is 1. The lowest BCUT2D eigenvalue weighted by Crippen LogP contribution is -2.53. The number of aliphatic carboxylic acids is 1. The highest BCUT2D eigenvalue weighted by atomic mass is 19.1. The number of halogens is 1. The van der Waals surface area contributed by atoms with E-state index in [1.807, 2.05) is 0 Å². The highest BCUT2D eigenvalue weighted by Gasteiger charge is 2.27. The van der Waals surface area contributed by atoms with Gasteiger partial charge in [-0.3, -0.25) is 14.9 Å². The zero-order chi connectivity index (χ0) is 26.8. The van der Waals surface area contributed by atoms with Gasteiger partial charge in [-0.15, -0.1) is 0 Å². The average Bonchev–Trinajstić information content (AvgIpc) is 2.88. The molecule has 192 valence electrons. The maximum absolute atomic E-state index is 13.3. The van der Waals surface area contributed by atoms with Crippen molar-refractivity contribution in [3.8, 4) is 0 Å². The van der Waals surface area contributed by atoms with E-state index in [1.165, 1.54) is 48.5 Å². The summed E-state index contributed by atoms with van der Waals surface area (Å²) in [4.78, 5) is 47.5. The fraction of sp³-hybridized carbons (Fsp3) is 0.192. The summed E-state index contributed by atoms with van der Waals surface area (Å²) in [6.45, 7) is -0.222. The lowest BCUT2D eigenvalue weighted by Gasteiger charge is -2.21. The van der Waals surface area contributed by atoms with Gasteiger partial charge in [-0.05, 0) is 41.0 Å². The smallest absolute Gasteiger partial charge is 0.408 e. The molecule has 0 saturated carbocycles. The Morgan fingerprint density at radius 3 is 2.00 bits per heavy atom. The first-order valence-electron chi connectivity index (χ1n) is 11.2. The number of ether oxygens (including phenoxy) is 1. The first-order valence-corrected chi connectivity index (χ1v) is 11.2. The maximum Gasteiger partial charge on any atom is 0.408 e. The topological polar surface area (TPSA) is 148 Å². The van der Waals surface area contributed by atoms with Crippen LogP contribution in [0.3, 0.4) is 0 Å². The van der Waals surface area contributed by atoms with Gasteiger partial charge >= 0.3 is 12.1 Å². The van der Waals surface area contributed by atoms with Crippen molar-refractivity contribution in [2.45, 2.75) is 31.5 Å². The molecule has 0 saturated heterocycles. The molecule has 3 rings (SSSR count). The van der Waals surface area contributed by atoms with Crippen molar-refractivity contribution in [1.82, 2.24) is 10.6 Å². The lowest BCUT2D eigenvalue weighted by molar-refractivity contribution is -0.384. The number of nitrogens with one attached hydrogen (secondary N) is 2. The second kappa shape index (κ2) is 12.8. The number of hydrogen-bond donors (Lipinski definition) is 3. The van der Waals surface area contributed by atoms with E-state index in [9.17, 15) is 34.0 Å². The summed E-state index contributed by atoms with van der Waals surface area (Å²) in [6, 6.07) is 16.9. The molecule has 2 atom stereocenters. The van der Waals surface area contributed by atoms with Crippen LogP contribution < -0.4 is 10.6 Å². The monoisotopic (exact) mass is 509 g/mol. The van der Waals surface area contributed by atoms with Gasteiger partial charge in [-0.2, -0.15) is 0 Å². The molecular formula is C26H24FN3O7. The van der Waals surface area contributed by atoms with Crippen LogP contribution in [-0.4, -0.2) is 40.1 Å². The highest BCUT2D eigenvalue weighted by molar-refractivity contribution is 5.89. The van der Waals surface area contributed by atoms with Crippen LogP contribution in [0.2, 0.25) is 0 Å². The minimum absolute atomic E-state index is 0.0236. The first-order chi connectivity index (χ1) is 17.7. The molecule has 3 aromatic carbocycles. The van der Waals surface area contributed by atoms with E-state index >= 15 is 0 Å². The van der Waals surface area contributed by atoms with Crippen LogP contribution in [0.4, 0.5) is 14.9 Å². The van der Waals surface area contributed by atoms with Crippen LogP contribution in [0.5, 0.6) is 0 Å². The van der Waals surface area contributed by atoms with Crippen molar-refractivity contribution in [1.29, 1.82) is 0 Å². The molecule has 3 aromatic rings. The minimum Gasteiger partial charge on any atom is -0.480 e. The summed E-state index contributed by atoms with van der Waals surface area (Å²) < 4.78 is 18.5. The molecule has 0 bridgehead atoms. The number of carboxylic acids is 1. The number of nitrogens with zero attached hydrogens (tertiary/aromatic N) is 1. The molecule has 10 nitrogen and oxygen atoms in total. The second-order valence-corrected chi connectivity index (χ2v) is 8.12. The number of non-ortho nitro benzene ring substituents is 1. The highest BCUT2D eigenvalue weighted by Crippen LogP contribution is 2.13. The molecule has 0 heterocycles. The van der Waals surface area contributed by atoms with Gasteiger partial charge in [-0.25, -0.2) is 14.0 Å². The molecule has 0 aromatic heterocycles. The third-order valence-corrected chi connectivity index (χ3v) is 5.38. The summed E-state index contributed by atoms with van der Waals surface area (Å²) in [5, 5.41) is 25.3. The Kier molecular flexibility index (Phi) is 9.25. The van der Waals surface area contributed by atoms with Crippen molar-refractivity contribution >= 4 is 23.7 Å². The van der Waals surface area contributed by atoms with Crippen molar-refractivity contribution in [3.63, 3.8) is 0 Å². The Bertz CT molecular complexity index is 1240. The molecule has 0 aliphatic heterocycles. The zero-order valence-electron chi connectivity index (χ0n) is 19.5. The predicted molar refractivity (Wildman–Crippen MR) is 130 cm³/mol. The summed E-state index contributed by atoms with van der Waals surface area (Å²) >= 11 is 0. The van der Waals surface area contributed by atoms with Crippen LogP contribution in [0.1, 0.15) is 16.7 Å². The number of carbonyl (C=O) groups excluding carboxylic acids is 2. The number of hydrogen-bond acceptors (Lipinski definition) is 6. The molecule has 3 N–H and O–H groups in total. The Labute approximate surface area is 211 Å². The van der Waals surface area contributed by atoms with Crippen LogP contribution in [0.25, 0.3) is 0 Å². The first kappa shape index (κ1) is 26.8. The van der Waals surface area contributed by atoms with E-state index in [1.54, 1.807) is 30.3 Å². The Morgan fingerprint density at radius 2 is 1.41 bits per heavy atom. The van der Waals surface area contributed by atoms with Gasteiger partial charge in [0.2, 0.25) is 5.91 Å². The van der Waals surface area contributed by atoms with Gasteiger partial charge in [-0.1, -0.05) is 42.5 Å². The lowest BCUT2D eigenvalue weighted by atomic mass is 10.0. The quantitative estimate of drug-likeness (QED) is 0.265. The summed E-state index contributed by atoms with van der Waals surface area (Å²) in [5.41, 5.74) is 1.58. The number of amides is 2. The van der Waals surface area contributed by atoms with Gasteiger partial charge in [0, 0.05) is 25.0 Å². The maximum atomic E-state index is 13.3. The van der Waals surface area contributed by atoms with Gasteiger partial charge < -0.3 is 20.5 Å². The normalized spacial score (nSPS) is 12.1. The van der Waals surface area contributed by atoms with E-state index in [0.29, 0.717) is 16.7 Å². The zero-order valence-corrected chi connectivity index (χ0v) is 19.5. The number of nitro groups is 1. The average molecular weight is 509 g/mol. The van der Waals surface area contributed by atoms with Crippen molar-refractivity contribution in [2.75, 3.05) is 0 Å². The Morgan fingerprint density at radius 1 is 0.838 bits per heavy atom. The molecule has 11 heteroatoms. The van der Waals surface area contributed by atoms with Gasteiger partial charge in [0.1, 0.15) is 24.5 Å². The van der Waals surface area contributed by atoms with Crippen LogP contribution in [0, 0.1) is 15.9 Å². The third kappa shape index (κ3) is 8.42. The van der Waals surface area contributed by atoms with Crippen molar-refractivity contribution in [3.05, 3.63) is 111 Å². The van der Waals surface area contributed by atoms with Crippen molar-refractivity contribution in [2.24, 2.45) is 0 Å². The Balaban J connectivity index is 1.69. The number of carboxylic acid groups (broad SMARTS) is 1. The van der Waals surface area contributed by atoms with Crippen molar-refractivity contribution < 1.29 is 33.5 Å². The minimum atomic E-state index is -1.26. The van der Waals surface area contributed by atoms with Crippen LogP contribution >= 0.6 is 0 Å². The molecule has 0 aliphatic carbocycles. The molecule has 37 heavy (non-hydrogen) atoms. The molecule has 0 spiro atoms. The molecule has 0 unspecified atom stereocenters. The molecule has 0 fully saturated rings. The number of rotatable bonds is 11. The summed E-state index contributed by atoms with van der Waals surface area (Å²) in [5.74, 6) is -2.49. The second-order valence-electron chi connectivity index (χ2n) is 8.12. The standard InChI is InChI=1S/C26H24FN3O7/c27-20-10-6-18(7-11-20)14-22(24(31)28-23(25(32)33)15-17-4-2-1-3-5-17)29-26(34)37-16-19-8-12-21(13-9-19)30(35)36/h1-13,22-23H,14-16H2,(H,28,31)(H,29,34)(H,32,33)/t22-,23-/m0/s1. The number of nitro benzene ring substituents is 1. The summed E-state index contributed by atoms with van der Waals surface area (Å²) in [7, 11) is 0. The molecule has 2 amide bonds. The number of carbonyl (C=O) groups is 3. The van der Waals surface area contributed by atoms with Gasteiger partial charge in [0.05, 0.1) is 4.92 Å². The SMILES string of the molecule is O=C(N[C@@H](Cc1ccc(F)cc1)C(=O)N[C@@H](Cc1ccccc1)C(=O)O)OCc1ccc([N+](=O)[O-])cc1. The van der Waals surface area contributed by atoms with E-state index in [0.717, 1.165) is 0 Å². The Hall–Kier alpha value is -4.80. The third-order valence-electron chi connectivity index (χ3n) is 5.38. The van der Waals surface area contributed by atoms with E-state index in [2.05, 4.69) is 10.6 Å². The van der Waals surface area contributed by atoms with Gasteiger partial charge in [0.15, 0.2) is 0 Å². The number of benzene rings is 3. The predicted octanol–water partition coefficient (Wildman–Crippen LogP) is 3.38. The molecule has 0 aliphatic rings. The molecule has 0 radical (unpaired) electrons. The fourth-order valence-electron chi connectivity index (χ4n) is 3.43. The van der Waals surface area contributed by atoms with Crippen LogP contribution in [-0.2, 0) is 33.8 Å². The summed E-state index contributed by atoms with van der Waals surface area (Å²) in [6.07, 6.45) is -0.998. The van der Waals surface area contributed by atoms with Gasteiger partial charge in [0.25, 0.3) is 5.69 Å². The largest absolute Gasteiger partial charge is 0.480 e. The van der Waals surface area contributed by atoms with E-state index in [4.69, 9.17) is 4.74 Å². The van der Waals surface area contributed by atoms with E-state index < -0.39 is 40.8 Å². The fourth-order valence-corrected chi connectivity index (χ4v) is 3.43. The molecular weight excluding hydrogens is 485 g/mol. The van der Waals surface area contributed by atoms with E-state index in [-0.39, 0.29) is 25.1 Å².